The van der Waals surface area contributed by atoms with E-state index in [-0.39, 0.29) is 11.5 Å². The highest BCUT2D eigenvalue weighted by atomic mass is 19.4. The van der Waals surface area contributed by atoms with Gasteiger partial charge in [0.15, 0.2) is 0 Å². The van der Waals surface area contributed by atoms with E-state index in [9.17, 15) is 27.2 Å². The summed E-state index contributed by atoms with van der Waals surface area (Å²) in [5.41, 5.74) is 1.70. The normalized spacial score (nSPS) is 21.9. The van der Waals surface area contributed by atoms with Gasteiger partial charge in [-0.05, 0) is 88.4 Å². The van der Waals surface area contributed by atoms with Crippen LogP contribution in [0, 0.1) is 11.7 Å². The van der Waals surface area contributed by atoms with Crippen LogP contribution in [-0.2, 0) is 4.79 Å². The predicted octanol–water partition coefficient (Wildman–Crippen LogP) is 5.31. The van der Waals surface area contributed by atoms with Gasteiger partial charge < -0.3 is 15.4 Å². The molecule has 228 valence electrons. The summed E-state index contributed by atoms with van der Waals surface area (Å²) in [5.74, 6) is -1.40. The van der Waals surface area contributed by atoms with Crippen molar-refractivity contribution in [1.29, 1.82) is 0 Å². The van der Waals surface area contributed by atoms with Gasteiger partial charge in [-0.3, -0.25) is 19.5 Å². The van der Waals surface area contributed by atoms with Crippen LogP contribution in [0.5, 0.6) is 5.75 Å². The fourth-order valence-corrected chi connectivity index (χ4v) is 5.45. The van der Waals surface area contributed by atoms with Crippen molar-refractivity contribution < 1.29 is 36.3 Å². The predicted molar refractivity (Wildman–Crippen MR) is 147 cm³/mol. The number of primary amides is 1. The standard InChI is InChI=1S/C30H35F5N4O3/c1-3-29(32,30(33,34)35)19-38-14-10-20(11-15-38)18-42-22-7-9-25(37-17-22)21-6-8-23(24(31)16-21)26(40)39-13-5-4-12-28(39,2)27(36)41/h3,6-9,16-17,20H,1,4-5,10-15,18-19H2,2H3,(H2,36,41)/t28-,29?/m0/s1. The van der Waals surface area contributed by atoms with Crippen LogP contribution in [0.1, 0.15) is 49.4 Å². The second-order valence-electron chi connectivity index (χ2n) is 11.2. The largest absolute Gasteiger partial charge is 0.492 e. The van der Waals surface area contributed by atoms with Crippen LogP contribution < -0.4 is 10.5 Å². The molecule has 2 atom stereocenters. The Hall–Kier alpha value is -3.54. The number of amides is 2. The smallest absolute Gasteiger partial charge is 0.427 e. The van der Waals surface area contributed by atoms with Crippen molar-refractivity contribution in [3.05, 3.63) is 60.6 Å². The van der Waals surface area contributed by atoms with Crippen molar-refractivity contribution in [3.8, 4) is 17.0 Å². The number of ether oxygens (including phenoxy) is 1. The summed E-state index contributed by atoms with van der Waals surface area (Å²) in [7, 11) is 0. The lowest BCUT2D eigenvalue weighted by Crippen LogP contribution is -2.59. The molecule has 4 rings (SSSR count). The Kier molecular flexibility index (Phi) is 9.24. The Balaban J connectivity index is 1.32. The van der Waals surface area contributed by atoms with Gasteiger partial charge in [-0.25, -0.2) is 8.78 Å². The van der Waals surface area contributed by atoms with E-state index in [1.54, 1.807) is 25.1 Å². The first kappa shape index (κ1) is 31.4. The molecule has 0 bridgehead atoms. The van der Waals surface area contributed by atoms with E-state index in [4.69, 9.17) is 10.5 Å². The number of carbonyl (C=O) groups is 2. The van der Waals surface area contributed by atoms with E-state index in [1.165, 1.54) is 28.1 Å². The minimum Gasteiger partial charge on any atom is -0.492 e. The molecule has 2 aliphatic heterocycles. The highest BCUT2D eigenvalue weighted by molar-refractivity contribution is 5.99. The summed E-state index contributed by atoms with van der Waals surface area (Å²) in [5, 5.41) is 0. The number of hydrogen-bond acceptors (Lipinski definition) is 5. The zero-order valence-corrected chi connectivity index (χ0v) is 23.4. The van der Waals surface area contributed by atoms with E-state index in [0.29, 0.717) is 75.0 Å². The maximum absolute atomic E-state index is 15.1. The highest BCUT2D eigenvalue weighted by Crippen LogP contribution is 2.37. The quantitative estimate of drug-likeness (QED) is 0.314. The van der Waals surface area contributed by atoms with Gasteiger partial charge in [0.1, 0.15) is 17.1 Å². The van der Waals surface area contributed by atoms with Gasteiger partial charge >= 0.3 is 6.18 Å². The number of hydrogen-bond donors (Lipinski definition) is 1. The van der Waals surface area contributed by atoms with E-state index >= 15 is 4.39 Å². The number of alkyl halides is 4. The lowest BCUT2D eigenvalue weighted by atomic mass is 9.87. The second-order valence-corrected chi connectivity index (χ2v) is 11.2. The molecule has 0 saturated carbocycles. The molecule has 3 heterocycles. The summed E-state index contributed by atoms with van der Waals surface area (Å²) < 4.78 is 74.3. The van der Waals surface area contributed by atoms with Crippen molar-refractivity contribution in [3.63, 3.8) is 0 Å². The fraction of sp³-hybridized carbons (Fsp3) is 0.500. The monoisotopic (exact) mass is 594 g/mol. The summed E-state index contributed by atoms with van der Waals surface area (Å²) in [6.45, 7) is 5.10. The first-order valence-corrected chi connectivity index (χ1v) is 13.9. The van der Waals surface area contributed by atoms with Crippen LogP contribution in [0.15, 0.2) is 49.2 Å². The maximum Gasteiger partial charge on any atom is 0.427 e. The van der Waals surface area contributed by atoms with Gasteiger partial charge in [-0.15, -0.1) is 0 Å². The van der Waals surface area contributed by atoms with Crippen LogP contribution >= 0.6 is 0 Å². The number of halogens is 5. The molecule has 42 heavy (non-hydrogen) atoms. The molecule has 2 amide bonds. The molecule has 0 aliphatic carbocycles. The first-order valence-electron chi connectivity index (χ1n) is 13.9. The molecule has 12 heteroatoms. The number of rotatable bonds is 9. The molecule has 2 aromatic rings. The highest BCUT2D eigenvalue weighted by Gasteiger charge is 2.54. The van der Waals surface area contributed by atoms with Crippen molar-refractivity contribution in [2.45, 2.75) is 56.4 Å². The van der Waals surface area contributed by atoms with Gasteiger partial charge in [-0.2, -0.15) is 13.2 Å². The summed E-state index contributed by atoms with van der Waals surface area (Å²) in [4.78, 5) is 32.4. The van der Waals surface area contributed by atoms with Gasteiger partial charge in [0, 0.05) is 18.7 Å². The molecule has 2 N–H and O–H groups in total. The molecule has 1 aromatic carbocycles. The van der Waals surface area contributed by atoms with Gasteiger partial charge in [0.2, 0.25) is 11.6 Å². The van der Waals surface area contributed by atoms with Crippen LogP contribution in [-0.4, -0.2) is 76.8 Å². The lowest BCUT2D eigenvalue weighted by Gasteiger charge is -2.42. The summed E-state index contributed by atoms with van der Waals surface area (Å²) in [6.07, 6.45) is -0.242. The van der Waals surface area contributed by atoms with Crippen molar-refractivity contribution >= 4 is 11.8 Å². The van der Waals surface area contributed by atoms with Crippen molar-refractivity contribution in [2.75, 3.05) is 32.8 Å². The third-order valence-electron chi connectivity index (χ3n) is 8.34. The zero-order valence-electron chi connectivity index (χ0n) is 23.4. The maximum atomic E-state index is 15.1. The molecule has 0 spiro atoms. The van der Waals surface area contributed by atoms with E-state index in [0.717, 1.165) is 6.42 Å². The lowest BCUT2D eigenvalue weighted by molar-refractivity contribution is -0.217. The molecule has 1 aromatic heterocycles. The average molecular weight is 595 g/mol. The van der Waals surface area contributed by atoms with Crippen LogP contribution in [0.2, 0.25) is 0 Å². The molecule has 1 unspecified atom stereocenters. The molecule has 2 fully saturated rings. The second kappa shape index (κ2) is 12.4. The van der Waals surface area contributed by atoms with Gasteiger partial charge in [-0.1, -0.05) is 12.6 Å². The summed E-state index contributed by atoms with van der Waals surface area (Å²) in [6, 6.07) is 7.49. The van der Waals surface area contributed by atoms with E-state index < -0.39 is 41.6 Å². The number of likely N-dealkylation sites (tertiary alicyclic amines) is 2. The molecular weight excluding hydrogens is 559 g/mol. The number of aromatic nitrogens is 1. The zero-order chi connectivity index (χ0) is 30.7. The number of nitrogens with two attached hydrogens (primary N) is 1. The van der Waals surface area contributed by atoms with E-state index in [1.807, 2.05) is 0 Å². The SMILES string of the molecule is C=CC(F)(CN1CCC(COc2ccc(-c3ccc(C(=O)N4CCCC[C@@]4(C)C(N)=O)c(F)c3)nc2)CC1)C(F)(F)F. The number of piperidine rings is 2. The van der Waals surface area contributed by atoms with Crippen LogP contribution in [0.3, 0.4) is 0 Å². The minimum absolute atomic E-state index is 0.0834. The Morgan fingerprint density at radius 1 is 1.14 bits per heavy atom. The average Bonchev–Trinajstić information content (AvgIpc) is 2.96. The van der Waals surface area contributed by atoms with E-state index in [2.05, 4.69) is 11.6 Å². The number of pyridine rings is 1. The fourth-order valence-electron chi connectivity index (χ4n) is 5.45. The molecule has 2 aliphatic rings. The Morgan fingerprint density at radius 2 is 1.86 bits per heavy atom. The first-order chi connectivity index (χ1) is 19.8. The molecule has 0 radical (unpaired) electrons. The number of carbonyl (C=O) groups excluding carboxylic acids is 2. The molecule has 7 nitrogen and oxygen atoms in total. The van der Waals surface area contributed by atoms with Gasteiger partial charge in [0.25, 0.3) is 5.91 Å². The van der Waals surface area contributed by atoms with Gasteiger partial charge in [0.05, 0.1) is 24.1 Å². The topological polar surface area (TPSA) is 88.8 Å². The number of benzene rings is 1. The Bertz CT molecular complexity index is 1300. The summed E-state index contributed by atoms with van der Waals surface area (Å²) >= 11 is 0. The third-order valence-corrected chi connectivity index (χ3v) is 8.34. The van der Waals surface area contributed by atoms with Crippen molar-refractivity contribution in [2.24, 2.45) is 11.7 Å². The van der Waals surface area contributed by atoms with Crippen LogP contribution in [0.4, 0.5) is 22.0 Å². The minimum atomic E-state index is -5.01. The Labute approximate surface area is 241 Å². The molecular formula is C30H35F5N4O3. The van der Waals surface area contributed by atoms with Crippen molar-refractivity contribution in [1.82, 2.24) is 14.8 Å². The number of nitrogens with zero attached hydrogens (tertiary/aromatic N) is 3. The third kappa shape index (κ3) is 6.58. The molecule has 2 saturated heterocycles. The Morgan fingerprint density at radius 3 is 2.43 bits per heavy atom. The van der Waals surface area contributed by atoms with Crippen LogP contribution in [0.25, 0.3) is 11.3 Å².